The van der Waals surface area contributed by atoms with Crippen molar-refractivity contribution in [3.05, 3.63) is 204 Å². The van der Waals surface area contributed by atoms with Gasteiger partial charge in [-0.05, 0) is 141 Å². The second-order valence-electron chi connectivity index (χ2n) is 25.2. The van der Waals surface area contributed by atoms with Gasteiger partial charge in [-0.3, -0.25) is 0 Å². The van der Waals surface area contributed by atoms with Gasteiger partial charge in [-0.25, -0.2) is 0 Å². The van der Waals surface area contributed by atoms with Crippen molar-refractivity contribution >= 4 is 110 Å². The molecule has 0 atom stereocenters. The van der Waals surface area contributed by atoms with Crippen molar-refractivity contribution < 1.29 is 0 Å². The number of rotatable bonds is 6. The molecule has 0 aliphatic carbocycles. The van der Waals surface area contributed by atoms with E-state index < -0.39 is 0 Å². The van der Waals surface area contributed by atoms with Gasteiger partial charge in [0.15, 0.2) is 0 Å². The lowest BCUT2D eigenvalue weighted by Crippen LogP contribution is -2.14. The molecule has 0 unspecified atom stereocenters. The molecule has 0 saturated heterocycles. The highest BCUT2D eigenvalue weighted by atomic mass is 15.1. The van der Waals surface area contributed by atoms with Crippen LogP contribution in [0.15, 0.2) is 182 Å². The average molecular weight is 963 g/mol. The minimum Gasteiger partial charge on any atom is -0.310 e. The number of fused-ring (bicyclic) bond motifs is 12. The van der Waals surface area contributed by atoms with Crippen LogP contribution in [0, 0.1) is 0 Å². The third kappa shape index (κ3) is 7.08. The van der Waals surface area contributed by atoms with Crippen LogP contribution >= 0.6 is 0 Å². The Kier molecular flexibility index (Phi) is 9.85. The number of hydrogen-bond acceptors (Lipinski definition) is 2. The maximum atomic E-state index is 2.54. The monoisotopic (exact) mass is 963 g/mol. The zero-order chi connectivity index (χ0) is 51.4. The van der Waals surface area contributed by atoms with Crippen molar-refractivity contribution in [2.75, 3.05) is 9.80 Å². The zero-order valence-corrected chi connectivity index (χ0v) is 45.1. The molecule has 0 amide bonds. The summed E-state index contributed by atoms with van der Waals surface area (Å²) in [5.41, 5.74) is 19.9. The molecular weight excluding hydrogens is 897 g/mol. The molecule has 4 heterocycles. The minimum atomic E-state index is 0.0668. The zero-order valence-electron chi connectivity index (χ0n) is 45.1. The molecule has 0 saturated carbocycles. The summed E-state index contributed by atoms with van der Waals surface area (Å²) in [6.45, 7) is 27.4. The maximum absolute atomic E-state index is 2.54. The van der Waals surface area contributed by atoms with E-state index in [0.29, 0.717) is 0 Å². The molecule has 0 aliphatic heterocycles. The van der Waals surface area contributed by atoms with Gasteiger partial charge in [0.2, 0.25) is 0 Å². The molecule has 4 heteroatoms. The van der Waals surface area contributed by atoms with Crippen LogP contribution in [-0.4, -0.2) is 8.80 Å². The van der Waals surface area contributed by atoms with Crippen molar-refractivity contribution in [3.63, 3.8) is 0 Å². The van der Waals surface area contributed by atoms with Crippen LogP contribution in [0.3, 0.4) is 0 Å². The van der Waals surface area contributed by atoms with E-state index in [1.54, 1.807) is 0 Å². The van der Waals surface area contributed by atoms with Gasteiger partial charge < -0.3 is 18.6 Å². The lowest BCUT2D eigenvalue weighted by atomic mass is 9.86. The van der Waals surface area contributed by atoms with Gasteiger partial charge in [-0.15, -0.1) is 0 Å². The SMILES string of the molecule is CC(C)(C)c1ccc(N(c2ccc(C(C)(C)C)cc2)c2ccc3c(c2)c2cccc4c5cc6c(cc5n3c24)c2cccc3c4cc(N(c5ccc(C(C)(C)C)cc5)c5ccc(C(C)(C)C)cc5)ccc4n6c32)cc1. The molecule has 0 aliphatic rings. The Morgan fingerprint density at radius 1 is 0.243 bits per heavy atom. The number of para-hydroxylation sites is 2. The summed E-state index contributed by atoms with van der Waals surface area (Å²) in [4.78, 5) is 4.85. The predicted molar refractivity (Wildman–Crippen MR) is 320 cm³/mol. The maximum Gasteiger partial charge on any atom is 0.0620 e. The van der Waals surface area contributed by atoms with Crippen LogP contribution in [0.5, 0.6) is 0 Å². The highest BCUT2D eigenvalue weighted by molar-refractivity contribution is 6.29. The molecule has 0 radical (unpaired) electrons. The lowest BCUT2D eigenvalue weighted by molar-refractivity contribution is 0.590. The average Bonchev–Trinajstić information content (AvgIpc) is 4.09. The first-order valence-electron chi connectivity index (χ1n) is 26.6. The van der Waals surface area contributed by atoms with E-state index in [1.807, 2.05) is 0 Å². The molecular formula is C70H66N4. The lowest BCUT2D eigenvalue weighted by Gasteiger charge is -2.28. The van der Waals surface area contributed by atoms with E-state index in [4.69, 9.17) is 0 Å². The molecule has 0 bridgehead atoms. The number of nitrogens with zero attached hydrogens (tertiary/aromatic N) is 4. The fourth-order valence-electron chi connectivity index (χ4n) is 12.0. The van der Waals surface area contributed by atoms with Crippen LogP contribution in [0.25, 0.3) is 76.2 Å². The Morgan fingerprint density at radius 2 is 0.486 bits per heavy atom. The predicted octanol–water partition coefficient (Wildman–Crippen LogP) is 20.1. The largest absolute Gasteiger partial charge is 0.310 e. The molecule has 9 aromatic carbocycles. The van der Waals surface area contributed by atoms with Crippen LogP contribution < -0.4 is 9.80 Å². The van der Waals surface area contributed by atoms with Crippen LogP contribution in [0.4, 0.5) is 34.1 Å². The third-order valence-corrected chi connectivity index (χ3v) is 16.2. The van der Waals surface area contributed by atoms with Crippen molar-refractivity contribution in [2.24, 2.45) is 0 Å². The fraction of sp³-hybridized carbons (Fsp3) is 0.229. The van der Waals surface area contributed by atoms with Crippen LogP contribution in [0.1, 0.15) is 105 Å². The Balaban J connectivity index is 0.971. The highest BCUT2D eigenvalue weighted by Gasteiger charge is 2.26. The highest BCUT2D eigenvalue weighted by Crippen LogP contribution is 2.48. The summed E-state index contributed by atoms with van der Waals surface area (Å²) in [6, 6.07) is 69.6. The standard InChI is InChI=1S/C70H66N4/c1-67(2,3)43-19-27-47(28-20-43)71(48-29-21-44(22-30-48)68(4,5)6)51-35-37-61-57(39-51)53-15-13-17-55-59-42-64-60(41-63(59)73(61)65(53)55)56-18-14-16-54-58-40-52(36-38-62(58)74(64)66(54)56)72(49-31-23-45(24-32-49)69(7,8)9)50-33-25-46(26-34-50)70(10,11)12/h13-42H,1-12H3. The van der Waals surface area contributed by atoms with Crippen LogP contribution in [0.2, 0.25) is 0 Å². The summed E-state index contributed by atoms with van der Waals surface area (Å²) in [7, 11) is 0. The van der Waals surface area contributed by atoms with Crippen molar-refractivity contribution in [2.45, 2.75) is 105 Å². The fourth-order valence-corrected chi connectivity index (χ4v) is 12.0. The number of benzene rings is 9. The van der Waals surface area contributed by atoms with Gasteiger partial charge >= 0.3 is 0 Å². The Bertz CT molecular complexity index is 3890. The first kappa shape index (κ1) is 46.0. The van der Waals surface area contributed by atoms with E-state index in [9.17, 15) is 0 Å². The van der Waals surface area contributed by atoms with E-state index in [1.165, 1.54) is 98.4 Å². The van der Waals surface area contributed by atoms with Gasteiger partial charge in [0.25, 0.3) is 0 Å². The Hall–Kier alpha value is -7.82. The topological polar surface area (TPSA) is 15.3 Å². The molecule has 0 spiro atoms. The molecule has 13 aromatic rings. The number of hydrogen-bond donors (Lipinski definition) is 0. The molecule has 0 fully saturated rings. The second kappa shape index (κ2) is 15.8. The molecule has 4 aromatic heterocycles. The summed E-state index contributed by atoms with van der Waals surface area (Å²) in [5, 5.41) is 10.2. The van der Waals surface area contributed by atoms with Crippen molar-refractivity contribution in [1.29, 1.82) is 0 Å². The first-order chi connectivity index (χ1) is 35.2. The molecule has 0 N–H and O–H groups in total. The minimum absolute atomic E-state index is 0.0668. The van der Waals surface area contributed by atoms with Crippen LogP contribution in [-0.2, 0) is 21.7 Å². The van der Waals surface area contributed by atoms with E-state index in [-0.39, 0.29) is 21.7 Å². The quantitative estimate of drug-likeness (QED) is 0.165. The van der Waals surface area contributed by atoms with E-state index in [0.717, 1.165) is 34.1 Å². The second-order valence-corrected chi connectivity index (χ2v) is 25.2. The Labute approximate surface area is 435 Å². The molecule has 74 heavy (non-hydrogen) atoms. The van der Waals surface area contributed by atoms with E-state index in [2.05, 4.69) is 284 Å². The Morgan fingerprint density at radius 3 is 0.743 bits per heavy atom. The van der Waals surface area contributed by atoms with Gasteiger partial charge in [0, 0.05) is 77.2 Å². The van der Waals surface area contributed by atoms with Crippen molar-refractivity contribution in [3.8, 4) is 0 Å². The number of aromatic nitrogens is 2. The van der Waals surface area contributed by atoms with Crippen molar-refractivity contribution in [1.82, 2.24) is 8.80 Å². The van der Waals surface area contributed by atoms with Gasteiger partial charge in [0.1, 0.15) is 0 Å². The first-order valence-corrected chi connectivity index (χ1v) is 26.6. The molecule has 13 rings (SSSR count). The third-order valence-electron chi connectivity index (χ3n) is 16.2. The summed E-state index contributed by atoms with van der Waals surface area (Å²) in [5.74, 6) is 0. The van der Waals surface area contributed by atoms with E-state index >= 15 is 0 Å². The smallest absolute Gasteiger partial charge is 0.0620 e. The summed E-state index contributed by atoms with van der Waals surface area (Å²) in [6.07, 6.45) is 0. The summed E-state index contributed by atoms with van der Waals surface area (Å²) >= 11 is 0. The summed E-state index contributed by atoms with van der Waals surface area (Å²) < 4.78 is 5.07. The van der Waals surface area contributed by atoms with Gasteiger partial charge in [0.05, 0.1) is 33.1 Å². The normalized spacial score (nSPS) is 13.1. The molecule has 366 valence electrons. The van der Waals surface area contributed by atoms with Gasteiger partial charge in [-0.1, -0.05) is 168 Å². The number of anilines is 6. The molecule has 4 nitrogen and oxygen atoms in total. The van der Waals surface area contributed by atoms with Gasteiger partial charge in [-0.2, -0.15) is 0 Å².